The molecule has 4 nitrogen and oxygen atoms in total. The molecule has 2 aromatic heterocycles. The highest BCUT2D eigenvalue weighted by atomic mass is 32.2. The Morgan fingerprint density at radius 1 is 1.57 bits per heavy atom. The molecule has 0 aliphatic heterocycles. The quantitative estimate of drug-likeness (QED) is 0.824. The van der Waals surface area contributed by atoms with Gasteiger partial charge in [0.1, 0.15) is 5.82 Å². The van der Waals surface area contributed by atoms with Gasteiger partial charge in [0, 0.05) is 17.8 Å². The highest BCUT2D eigenvalue weighted by molar-refractivity contribution is 7.98. The molecule has 2 heterocycles. The van der Waals surface area contributed by atoms with E-state index in [1.54, 1.807) is 22.5 Å². The molecular weight excluding hydrogens is 196 g/mol. The molecule has 0 radical (unpaired) electrons. The summed E-state index contributed by atoms with van der Waals surface area (Å²) in [5.41, 5.74) is 7.68. The zero-order valence-corrected chi connectivity index (χ0v) is 8.79. The van der Waals surface area contributed by atoms with Crippen molar-refractivity contribution in [2.24, 2.45) is 0 Å². The fourth-order valence-corrected chi connectivity index (χ4v) is 1.74. The van der Waals surface area contributed by atoms with Crippen LogP contribution in [0.1, 0.15) is 5.69 Å². The van der Waals surface area contributed by atoms with Gasteiger partial charge in [-0.25, -0.2) is 4.98 Å². The third kappa shape index (κ3) is 1.68. The Bertz CT molecular complexity index is 437. The predicted molar refractivity (Wildman–Crippen MR) is 59.5 cm³/mol. The van der Waals surface area contributed by atoms with Crippen LogP contribution in [0.3, 0.4) is 0 Å². The van der Waals surface area contributed by atoms with Crippen LogP contribution in [0, 0.1) is 0 Å². The molecule has 5 heteroatoms. The smallest absolute Gasteiger partial charge is 0.157 e. The number of nitrogens with two attached hydrogens (primary N) is 1. The molecule has 2 N–H and O–H groups in total. The number of hydrogen-bond acceptors (Lipinski definition) is 4. The first kappa shape index (κ1) is 9.33. The number of nitrogen functional groups attached to an aromatic ring is 1. The van der Waals surface area contributed by atoms with Gasteiger partial charge in [0.2, 0.25) is 0 Å². The van der Waals surface area contributed by atoms with Crippen LogP contribution < -0.4 is 5.73 Å². The molecule has 0 unspecified atom stereocenters. The molecule has 74 valence electrons. The van der Waals surface area contributed by atoms with E-state index in [0.717, 1.165) is 23.5 Å². The molecule has 0 saturated heterocycles. The summed E-state index contributed by atoms with van der Waals surface area (Å²) in [6.07, 6.45) is 4.74. The molecular formula is C9H12N4S. The summed E-state index contributed by atoms with van der Waals surface area (Å²) in [6.45, 7) is 0. The predicted octanol–water partition coefficient (Wildman–Crippen LogP) is 1.22. The number of aromatic nitrogens is 3. The van der Waals surface area contributed by atoms with Crippen molar-refractivity contribution in [3.8, 4) is 0 Å². The Morgan fingerprint density at radius 2 is 2.43 bits per heavy atom. The molecule has 2 aromatic rings. The molecule has 0 aliphatic carbocycles. The highest BCUT2D eigenvalue weighted by Crippen LogP contribution is 2.10. The van der Waals surface area contributed by atoms with E-state index in [1.165, 1.54) is 0 Å². The van der Waals surface area contributed by atoms with Gasteiger partial charge in [0.05, 0.1) is 6.20 Å². The fourth-order valence-electron chi connectivity index (χ4n) is 1.33. The van der Waals surface area contributed by atoms with Crippen molar-refractivity contribution in [3.63, 3.8) is 0 Å². The van der Waals surface area contributed by atoms with Gasteiger partial charge in [0.15, 0.2) is 5.65 Å². The van der Waals surface area contributed by atoms with Crippen molar-refractivity contribution in [1.82, 2.24) is 14.6 Å². The van der Waals surface area contributed by atoms with E-state index in [1.807, 2.05) is 12.1 Å². The molecule has 0 aliphatic rings. The molecule has 0 amide bonds. The monoisotopic (exact) mass is 208 g/mol. The van der Waals surface area contributed by atoms with Crippen LogP contribution in [0.15, 0.2) is 18.3 Å². The second-order valence-corrected chi connectivity index (χ2v) is 4.00. The van der Waals surface area contributed by atoms with E-state index in [-0.39, 0.29) is 0 Å². The van der Waals surface area contributed by atoms with Gasteiger partial charge < -0.3 is 5.73 Å². The van der Waals surface area contributed by atoms with Crippen molar-refractivity contribution in [3.05, 3.63) is 24.0 Å². The van der Waals surface area contributed by atoms with Gasteiger partial charge in [-0.3, -0.25) is 0 Å². The van der Waals surface area contributed by atoms with E-state index in [9.17, 15) is 0 Å². The third-order valence-electron chi connectivity index (χ3n) is 2.00. The van der Waals surface area contributed by atoms with Gasteiger partial charge in [-0.2, -0.15) is 21.4 Å². The second kappa shape index (κ2) is 3.88. The van der Waals surface area contributed by atoms with E-state index >= 15 is 0 Å². The van der Waals surface area contributed by atoms with Crippen LogP contribution in [0.5, 0.6) is 0 Å². The lowest BCUT2D eigenvalue weighted by atomic mass is 10.3. The van der Waals surface area contributed by atoms with Crippen molar-refractivity contribution >= 4 is 23.2 Å². The van der Waals surface area contributed by atoms with Crippen LogP contribution in [0.4, 0.5) is 5.82 Å². The first-order chi connectivity index (χ1) is 6.81. The largest absolute Gasteiger partial charge is 0.384 e. The maximum atomic E-state index is 5.83. The van der Waals surface area contributed by atoms with Crippen LogP contribution in [-0.4, -0.2) is 26.6 Å². The molecule has 0 aromatic carbocycles. The molecule has 0 atom stereocenters. The standard InChI is InChI=1S/C9H12N4S/c1-14-5-3-7-6-8(10)13-9(12-7)2-4-11-13/h2,4,6H,3,5,10H2,1H3. The first-order valence-corrected chi connectivity index (χ1v) is 5.78. The molecule has 0 fully saturated rings. The minimum Gasteiger partial charge on any atom is -0.384 e. The maximum absolute atomic E-state index is 5.83. The van der Waals surface area contributed by atoms with E-state index in [2.05, 4.69) is 16.3 Å². The minimum absolute atomic E-state index is 0.649. The normalized spacial score (nSPS) is 10.9. The van der Waals surface area contributed by atoms with E-state index < -0.39 is 0 Å². The fraction of sp³-hybridized carbons (Fsp3) is 0.333. The third-order valence-corrected chi connectivity index (χ3v) is 2.61. The lowest BCUT2D eigenvalue weighted by Crippen LogP contribution is -2.03. The van der Waals surface area contributed by atoms with Crippen molar-refractivity contribution < 1.29 is 0 Å². The number of thioether (sulfide) groups is 1. The SMILES string of the molecule is CSCCc1cc(N)n2nccc2n1. The molecule has 0 spiro atoms. The van der Waals surface area contributed by atoms with Gasteiger partial charge >= 0.3 is 0 Å². The van der Waals surface area contributed by atoms with Gasteiger partial charge in [-0.05, 0) is 18.4 Å². The Labute approximate surface area is 86.5 Å². The Hall–Kier alpha value is -1.23. The molecule has 2 rings (SSSR count). The average molecular weight is 208 g/mol. The zero-order chi connectivity index (χ0) is 9.97. The van der Waals surface area contributed by atoms with Crippen LogP contribution >= 0.6 is 11.8 Å². The second-order valence-electron chi connectivity index (χ2n) is 3.02. The molecule has 14 heavy (non-hydrogen) atoms. The summed E-state index contributed by atoms with van der Waals surface area (Å²) >= 11 is 1.81. The summed E-state index contributed by atoms with van der Waals surface area (Å²) in [5.74, 6) is 1.72. The maximum Gasteiger partial charge on any atom is 0.157 e. The minimum atomic E-state index is 0.649. The summed E-state index contributed by atoms with van der Waals surface area (Å²) in [6, 6.07) is 3.75. The van der Waals surface area contributed by atoms with E-state index in [0.29, 0.717) is 5.82 Å². The Balaban J connectivity index is 2.38. The van der Waals surface area contributed by atoms with Crippen molar-refractivity contribution in [2.75, 3.05) is 17.7 Å². The van der Waals surface area contributed by atoms with Crippen LogP contribution in [0.25, 0.3) is 5.65 Å². The zero-order valence-electron chi connectivity index (χ0n) is 7.97. The number of rotatable bonds is 3. The van der Waals surface area contributed by atoms with Crippen molar-refractivity contribution in [1.29, 1.82) is 0 Å². The lowest BCUT2D eigenvalue weighted by molar-refractivity contribution is 0.926. The van der Waals surface area contributed by atoms with Gasteiger partial charge in [-0.15, -0.1) is 0 Å². The topological polar surface area (TPSA) is 56.2 Å². The Morgan fingerprint density at radius 3 is 3.21 bits per heavy atom. The summed E-state index contributed by atoms with van der Waals surface area (Å²) in [5, 5.41) is 4.06. The number of hydrogen-bond donors (Lipinski definition) is 1. The number of nitrogens with zero attached hydrogens (tertiary/aromatic N) is 3. The highest BCUT2D eigenvalue weighted by Gasteiger charge is 2.02. The Kier molecular flexibility index (Phi) is 2.58. The summed E-state index contributed by atoms with van der Waals surface area (Å²) in [7, 11) is 0. The van der Waals surface area contributed by atoms with Crippen LogP contribution in [0.2, 0.25) is 0 Å². The number of anilines is 1. The van der Waals surface area contributed by atoms with Gasteiger partial charge in [0.25, 0.3) is 0 Å². The summed E-state index contributed by atoms with van der Waals surface area (Å²) < 4.78 is 1.64. The average Bonchev–Trinajstić information content (AvgIpc) is 2.63. The van der Waals surface area contributed by atoms with Gasteiger partial charge in [-0.1, -0.05) is 0 Å². The number of fused-ring (bicyclic) bond motifs is 1. The van der Waals surface area contributed by atoms with E-state index in [4.69, 9.17) is 5.73 Å². The van der Waals surface area contributed by atoms with Crippen LogP contribution in [-0.2, 0) is 6.42 Å². The number of aryl methyl sites for hydroxylation is 1. The molecule has 0 bridgehead atoms. The molecule has 0 saturated carbocycles. The first-order valence-electron chi connectivity index (χ1n) is 4.39. The lowest BCUT2D eigenvalue weighted by Gasteiger charge is -2.02. The summed E-state index contributed by atoms with van der Waals surface area (Å²) in [4.78, 5) is 4.44. The van der Waals surface area contributed by atoms with Crippen molar-refractivity contribution in [2.45, 2.75) is 6.42 Å².